The van der Waals surface area contributed by atoms with Gasteiger partial charge in [0, 0.05) is 15.6 Å². The minimum Gasteiger partial charge on any atom is -0.312 e. The van der Waals surface area contributed by atoms with Crippen molar-refractivity contribution in [3.63, 3.8) is 0 Å². The molecule has 2 aromatic rings. The monoisotopic (exact) mass is 235 g/mol. The van der Waals surface area contributed by atoms with Gasteiger partial charge in [0.05, 0.1) is 0 Å². The van der Waals surface area contributed by atoms with Crippen LogP contribution in [0.2, 0.25) is 0 Å². The smallest absolute Gasteiger partial charge is 0.123 e. The van der Waals surface area contributed by atoms with Crippen LogP contribution < -0.4 is 5.32 Å². The first-order valence-electron chi connectivity index (χ1n) is 5.64. The molecule has 3 heteroatoms. The van der Waals surface area contributed by atoms with E-state index in [4.69, 9.17) is 0 Å². The second-order valence-corrected chi connectivity index (χ2v) is 5.55. The summed E-state index contributed by atoms with van der Waals surface area (Å²) in [5, 5.41) is 4.40. The lowest BCUT2D eigenvalue weighted by atomic mass is 10.1. The Morgan fingerprint density at radius 1 is 1.38 bits per heavy atom. The quantitative estimate of drug-likeness (QED) is 0.855. The van der Waals surface area contributed by atoms with E-state index in [0.29, 0.717) is 6.04 Å². The Morgan fingerprint density at radius 3 is 2.88 bits per heavy atom. The fourth-order valence-electron chi connectivity index (χ4n) is 2.23. The SMILES string of the molecule is CNC(c1cc2cc(F)ccc2s1)C1CC1. The Labute approximate surface area is 98.3 Å². The minimum atomic E-state index is -0.149. The molecule has 0 bridgehead atoms. The van der Waals surface area contributed by atoms with Crippen molar-refractivity contribution in [3.8, 4) is 0 Å². The van der Waals surface area contributed by atoms with Gasteiger partial charge in [-0.15, -0.1) is 11.3 Å². The molecule has 1 atom stereocenters. The number of thiophene rings is 1. The number of halogens is 1. The third-order valence-corrected chi connectivity index (χ3v) is 4.41. The van der Waals surface area contributed by atoms with E-state index in [-0.39, 0.29) is 5.82 Å². The van der Waals surface area contributed by atoms with Gasteiger partial charge in [0.25, 0.3) is 0 Å². The first-order valence-corrected chi connectivity index (χ1v) is 6.46. The Balaban J connectivity index is 2.03. The predicted molar refractivity (Wildman–Crippen MR) is 66.3 cm³/mol. The van der Waals surface area contributed by atoms with E-state index in [1.165, 1.54) is 28.5 Å². The van der Waals surface area contributed by atoms with Crippen molar-refractivity contribution in [3.05, 3.63) is 35.0 Å². The molecule has 0 radical (unpaired) electrons. The van der Waals surface area contributed by atoms with Crippen LogP contribution >= 0.6 is 11.3 Å². The molecule has 1 aromatic carbocycles. The van der Waals surface area contributed by atoms with E-state index in [9.17, 15) is 4.39 Å². The molecular formula is C13H14FNS. The molecule has 1 N–H and O–H groups in total. The van der Waals surface area contributed by atoms with Gasteiger partial charge in [-0.3, -0.25) is 0 Å². The van der Waals surface area contributed by atoms with Crippen LogP contribution in [0.15, 0.2) is 24.3 Å². The van der Waals surface area contributed by atoms with Crippen LogP contribution in [0.5, 0.6) is 0 Å². The van der Waals surface area contributed by atoms with Gasteiger partial charge in [-0.25, -0.2) is 4.39 Å². The van der Waals surface area contributed by atoms with Crippen LogP contribution in [0, 0.1) is 11.7 Å². The van der Waals surface area contributed by atoms with Crippen molar-refractivity contribution in [2.75, 3.05) is 7.05 Å². The number of hydrogen-bond acceptors (Lipinski definition) is 2. The maximum Gasteiger partial charge on any atom is 0.123 e. The molecule has 1 aliphatic rings. The predicted octanol–water partition coefficient (Wildman–Crippen LogP) is 3.71. The molecule has 1 aromatic heterocycles. The second-order valence-electron chi connectivity index (χ2n) is 4.43. The maximum absolute atomic E-state index is 13.1. The van der Waals surface area contributed by atoms with Gasteiger partial charge in [0.1, 0.15) is 5.82 Å². The highest BCUT2D eigenvalue weighted by molar-refractivity contribution is 7.19. The van der Waals surface area contributed by atoms with Crippen LogP contribution in [-0.2, 0) is 0 Å². The standard InChI is InChI=1S/C13H14FNS/c1-15-13(8-2-3-8)12-7-9-6-10(14)4-5-11(9)16-12/h4-8,13,15H,2-3H2,1H3. The Kier molecular flexibility index (Phi) is 2.45. The summed E-state index contributed by atoms with van der Waals surface area (Å²) >= 11 is 1.78. The van der Waals surface area contributed by atoms with E-state index >= 15 is 0 Å². The Hall–Kier alpha value is -0.930. The summed E-state index contributed by atoms with van der Waals surface area (Å²) in [4.78, 5) is 1.34. The minimum absolute atomic E-state index is 0.149. The zero-order valence-electron chi connectivity index (χ0n) is 9.16. The third kappa shape index (κ3) is 1.74. The number of benzene rings is 1. The number of rotatable bonds is 3. The maximum atomic E-state index is 13.1. The molecule has 0 saturated heterocycles. The highest BCUT2D eigenvalue weighted by Crippen LogP contribution is 2.43. The van der Waals surface area contributed by atoms with Crippen molar-refractivity contribution in [2.24, 2.45) is 5.92 Å². The fourth-order valence-corrected chi connectivity index (χ4v) is 3.48. The molecule has 0 spiro atoms. The van der Waals surface area contributed by atoms with E-state index in [2.05, 4.69) is 11.4 Å². The van der Waals surface area contributed by atoms with Crippen LogP contribution in [-0.4, -0.2) is 7.05 Å². The average Bonchev–Trinajstić information content (AvgIpc) is 2.99. The van der Waals surface area contributed by atoms with Crippen molar-refractivity contribution in [2.45, 2.75) is 18.9 Å². The van der Waals surface area contributed by atoms with Gasteiger partial charge in [-0.05, 0) is 55.5 Å². The fraction of sp³-hybridized carbons (Fsp3) is 0.385. The van der Waals surface area contributed by atoms with Crippen molar-refractivity contribution in [1.29, 1.82) is 0 Å². The molecule has 1 nitrogen and oxygen atoms in total. The Bertz CT molecular complexity index is 516. The molecule has 0 aliphatic heterocycles. The molecule has 1 saturated carbocycles. The highest BCUT2D eigenvalue weighted by atomic mass is 32.1. The highest BCUT2D eigenvalue weighted by Gasteiger charge is 2.32. The third-order valence-electron chi connectivity index (χ3n) is 3.21. The summed E-state index contributed by atoms with van der Waals surface area (Å²) in [5.41, 5.74) is 0. The van der Waals surface area contributed by atoms with Crippen molar-refractivity contribution < 1.29 is 4.39 Å². The lowest BCUT2D eigenvalue weighted by Gasteiger charge is -2.12. The zero-order chi connectivity index (χ0) is 11.1. The molecule has 16 heavy (non-hydrogen) atoms. The van der Waals surface area contributed by atoms with Crippen molar-refractivity contribution >= 4 is 21.4 Å². The van der Waals surface area contributed by atoms with Crippen LogP contribution in [0.4, 0.5) is 4.39 Å². The van der Waals surface area contributed by atoms with E-state index in [0.717, 1.165) is 11.3 Å². The van der Waals surface area contributed by atoms with Gasteiger partial charge in [0.15, 0.2) is 0 Å². The normalized spacial score (nSPS) is 17.9. The topological polar surface area (TPSA) is 12.0 Å². The van der Waals surface area contributed by atoms with Crippen molar-refractivity contribution in [1.82, 2.24) is 5.32 Å². The number of hydrogen-bond donors (Lipinski definition) is 1. The summed E-state index contributed by atoms with van der Waals surface area (Å²) in [6.45, 7) is 0. The largest absolute Gasteiger partial charge is 0.312 e. The van der Waals surface area contributed by atoms with E-state index < -0.39 is 0 Å². The number of nitrogens with one attached hydrogen (secondary N) is 1. The second kappa shape index (κ2) is 3.82. The summed E-state index contributed by atoms with van der Waals surface area (Å²) in [6, 6.07) is 7.62. The first-order chi connectivity index (χ1) is 7.78. The van der Waals surface area contributed by atoms with E-state index in [1.807, 2.05) is 13.1 Å². The first kappa shape index (κ1) is 10.2. The summed E-state index contributed by atoms with van der Waals surface area (Å²) in [6.07, 6.45) is 2.63. The molecule has 1 fully saturated rings. The molecule has 0 amide bonds. The van der Waals surface area contributed by atoms with Gasteiger partial charge in [0.2, 0.25) is 0 Å². The molecule has 1 heterocycles. The molecule has 1 unspecified atom stereocenters. The lowest BCUT2D eigenvalue weighted by Crippen LogP contribution is -2.16. The van der Waals surface area contributed by atoms with Gasteiger partial charge >= 0.3 is 0 Å². The molecular weight excluding hydrogens is 221 g/mol. The van der Waals surface area contributed by atoms with E-state index in [1.54, 1.807) is 17.4 Å². The van der Waals surface area contributed by atoms with Gasteiger partial charge in [-0.1, -0.05) is 0 Å². The molecule has 1 aliphatic carbocycles. The summed E-state index contributed by atoms with van der Waals surface area (Å²) < 4.78 is 14.3. The summed E-state index contributed by atoms with van der Waals surface area (Å²) in [5.74, 6) is 0.632. The van der Waals surface area contributed by atoms with Crippen LogP contribution in [0.3, 0.4) is 0 Å². The van der Waals surface area contributed by atoms with Crippen LogP contribution in [0.25, 0.3) is 10.1 Å². The van der Waals surface area contributed by atoms with Gasteiger partial charge in [-0.2, -0.15) is 0 Å². The zero-order valence-corrected chi connectivity index (χ0v) is 9.98. The van der Waals surface area contributed by atoms with Gasteiger partial charge < -0.3 is 5.32 Å². The Morgan fingerprint density at radius 2 is 2.19 bits per heavy atom. The number of fused-ring (bicyclic) bond motifs is 1. The lowest BCUT2D eigenvalue weighted by molar-refractivity contribution is 0.538. The summed E-state index contributed by atoms with van der Waals surface area (Å²) in [7, 11) is 2.01. The molecule has 84 valence electrons. The van der Waals surface area contributed by atoms with Crippen LogP contribution in [0.1, 0.15) is 23.8 Å². The average molecular weight is 235 g/mol. The molecule has 3 rings (SSSR count).